The second-order valence-corrected chi connectivity index (χ2v) is 7.37. The van der Waals surface area contributed by atoms with Crippen molar-refractivity contribution in [1.82, 2.24) is 4.98 Å². The van der Waals surface area contributed by atoms with Crippen molar-refractivity contribution in [1.29, 1.82) is 0 Å². The van der Waals surface area contributed by atoms with Crippen LogP contribution in [0.4, 0.5) is 0 Å². The third-order valence-electron chi connectivity index (χ3n) is 4.31. The molecule has 0 fully saturated rings. The van der Waals surface area contributed by atoms with Crippen LogP contribution in [-0.2, 0) is 15.5 Å². The molecule has 0 aliphatic rings. The van der Waals surface area contributed by atoms with Crippen LogP contribution in [0.1, 0.15) is 18.2 Å². The zero-order valence-corrected chi connectivity index (χ0v) is 13.7. The number of rotatable bonds is 4. The standard InChI is InChI=1S/C17H17NO5S/c1-17(16(20)24(21,22)23,12-5-3-2-4-6-12)15-10-11-9-13(19)7-8-14(11)18-15/h2-10,16,18-20H,1H3,(H,21,22,23). The van der Waals surface area contributed by atoms with Gasteiger partial charge >= 0.3 is 0 Å². The van der Waals surface area contributed by atoms with Crippen molar-refractivity contribution >= 4 is 21.0 Å². The van der Waals surface area contributed by atoms with Crippen LogP contribution in [0.5, 0.6) is 5.75 Å². The number of hydrogen-bond donors (Lipinski definition) is 4. The van der Waals surface area contributed by atoms with Gasteiger partial charge in [-0.3, -0.25) is 4.55 Å². The third kappa shape index (κ3) is 2.66. The molecule has 0 spiro atoms. The SMILES string of the molecule is CC(c1ccccc1)(c1cc2cc(O)ccc2[nH]1)C(O)S(=O)(=O)O. The number of aromatic nitrogens is 1. The number of aromatic amines is 1. The van der Waals surface area contributed by atoms with Gasteiger partial charge in [0.25, 0.3) is 10.1 Å². The van der Waals surface area contributed by atoms with Gasteiger partial charge in [0.15, 0.2) is 5.44 Å². The number of phenols is 1. The Hall–Kier alpha value is -2.35. The lowest BCUT2D eigenvalue weighted by Crippen LogP contribution is -2.43. The zero-order chi connectivity index (χ0) is 17.5. The quantitative estimate of drug-likeness (QED) is 0.542. The number of aliphatic hydroxyl groups is 1. The lowest BCUT2D eigenvalue weighted by Gasteiger charge is -2.32. The summed E-state index contributed by atoms with van der Waals surface area (Å²) in [6, 6.07) is 14.9. The maximum Gasteiger partial charge on any atom is 0.293 e. The minimum Gasteiger partial charge on any atom is -0.508 e. The van der Waals surface area contributed by atoms with E-state index in [1.54, 1.807) is 42.5 Å². The van der Waals surface area contributed by atoms with Gasteiger partial charge in [0.1, 0.15) is 5.75 Å². The highest BCUT2D eigenvalue weighted by Crippen LogP contribution is 2.38. The van der Waals surface area contributed by atoms with Crippen LogP contribution >= 0.6 is 0 Å². The number of nitrogens with one attached hydrogen (secondary N) is 1. The Morgan fingerprint density at radius 1 is 1.08 bits per heavy atom. The summed E-state index contributed by atoms with van der Waals surface area (Å²) in [5.41, 5.74) is -1.89. The summed E-state index contributed by atoms with van der Waals surface area (Å²) < 4.78 is 32.7. The van der Waals surface area contributed by atoms with Crippen LogP contribution in [-0.4, -0.2) is 33.6 Å². The fourth-order valence-electron chi connectivity index (χ4n) is 2.91. The molecular weight excluding hydrogens is 330 g/mol. The first kappa shape index (κ1) is 16.5. The molecular formula is C17H17NO5S. The van der Waals surface area contributed by atoms with E-state index in [2.05, 4.69) is 4.98 Å². The second-order valence-electron chi connectivity index (χ2n) is 5.89. The Labute approximate surface area is 139 Å². The van der Waals surface area contributed by atoms with E-state index in [0.29, 0.717) is 22.2 Å². The average molecular weight is 347 g/mol. The molecule has 0 radical (unpaired) electrons. The smallest absolute Gasteiger partial charge is 0.293 e. The zero-order valence-electron chi connectivity index (χ0n) is 12.8. The third-order valence-corrected chi connectivity index (χ3v) is 5.35. The molecule has 3 rings (SSSR count). The molecule has 0 bridgehead atoms. The number of aromatic hydroxyl groups is 1. The predicted octanol–water partition coefficient (Wildman–Crippen LogP) is 2.39. The highest BCUT2D eigenvalue weighted by molar-refractivity contribution is 7.86. The van der Waals surface area contributed by atoms with Crippen LogP contribution in [0.25, 0.3) is 10.9 Å². The monoisotopic (exact) mass is 347 g/mol. The second kappa shape index (κ2) is 5.62. The highest BCUT2D eigenvalue weighted by atomic mass is 32.2. The summed E-state index contributed by atoms with van der Waals surface area (Å²) in [4.78, 5) is 3.07. The molecule has 0 aliphatic carbocycles. The van der Waals surface area contributed by atoms with Gasteiger partial charge in [0, 0.05) is 16.6 Å². The van der Waals surface area contributed by atoms with E-state index in [4.69, 9.17) is 0 Å². The van der Waals surface area contributed by atoms with Crippen molar-refractivity contribution in [2.75, 3.05) is 0 Å². The molecule has 4 N–H and O–H groups in total. The lowest BCUT2D eigenvalue weighted by atomic mass is 9.80. The largest absolute Gasteiger partial charge is 0.508 e. The summed E-state index contributed by atoms with van der Waals surface area (Å²) in [5, 5.41) is 20.6. The molecule has 24 heavy (non-hydrogen) atoms. The first-order valence-corrected chi connectivity index (χ1v) is 8.75. The molecule has 126 valence electrons. The molecule has 2 atom stereocenters. The fourth-order valence-corrected chi connectivity index (χ4v) is 3.77. The Kier molecular flexibility index (Phi) is 3.87. The number of H-pyrrole nitrogens is 1. The summed E-state index contributed by atoms with van der Waals surface area (Å²) in [7, 11) is -4.72. The Bertz CT molecular complexity index is 981. The van der Waals surface area contributed by atoms with E-state index >= 15 is 0 Å². The number of phenolic OH excluding ortho intramolecular Hbond substituents is 1. The van der Waals surface area contributed by atoms with Crippen LogP contribution < -0.4 is 0 Å². The van der Waals surface area contributed by atoms with Crippen molar-refractivity contribution in [3.8, 4) is 5.75 Å². The molecule has 7 heteroatoms. The molecule has 2 unspecified atom stereocenters. The Balaban J connectivity index is 2.27. The van der Waals surface area contributed by atoms with Crippen LogP contribution in [0.15, 0.2) is 54.6 Å². The summed E-state index contributed by atoms with van der Waals surface area (Å²) in [6.45, 7) is 1.53. The molecule has 1 aromatic heterocycles. The number of hydrogen-bond acceptors (Lipinski definition) is 4. The van der Waals surface area contributed by atoms with Gasteiger partial charge in [0.05, 0.1) is 5.41 Å². The first-order valence-electron chi connectivity index (χ1n) is 7.25. The van der Waals surface area contributed by atoms with Gasteiger partial charge in [-0.2, -0.15) is 8.42 Å². The van der Waals surface area contributed by atoms with E-state index in [0.717, 1.165) is 0 Å². The van der Waals surface area contributed by atoms with Crippen LogP contribution in [0.2, 0.25) is 0 Å². The van der Waals surface area contributed by atoms with Crippen molar-refractivity contribution in [2.24, 2.45) is 0 Å². The van der Waals surface area contributed by atoms with Crippen LogP contribution in [0, 0.1) is 0 Å². The lowest BCUT2D eigenvalue weighted by molar-refractivity contribution is 0.169. The molecule has 6 nitrogen and oxygen atoms in total. The summed E-state index contributed by atoms with van der Waals surface area (Å²) in [6.07, 6.45) is 0. The first-order chi connectivity index (χ1) is 11.2. The van der Waals surface area contributed by atoms with Gasteiger partial charge < -0.3 is 15.2 Å². The van der Waals surface area contributed by atoms with Gasteiger partial charge in [-0.1, -0.05) is 30.3 Å². The maximum absolute atomic E-state index is 11.6. The molecule has 0 saturated carbocycles. The summed E-state index contributed by atoms with van der Waals surface area (Å²) in [5.74, 6) is 0.0739. The molecule has 1 heterocycles. The minimum atomic E-state index is -4.72. The topological polar surface area (TPSA) is 111 Å². The van der Waals surface area contributed by atoms with Gasteiger partial charge in [0.2, 0.25) is 0 Å². The van der Waals surface area contributed by atoms with E-state index in [9.17, 15) is 23.2 Å². The van der Waals surface area contributed by atoms with E-state index < -0.39 is 21.0 Å². The van der Waals surface area contributed by atoms with Crippen molar-refractivity contribution < 1.29 is 23.2 Å². The van der Waals surface area contributed by atoms with Crippen LogP contribution in [0.3, 0.4) is 0 Å². The van der Waals surface area contributed by atoms with Gasteiger partial charge in [-0.05, 0) is 36.8 Å². The number of aliphatic hydroxyl groups excluding tert-OH is 1. The highest BCUT2D eigenvalue weighted by Gasteiger charge is 2.45. The molecule has 0 saturated heterocycles. The number of fused-ring (bicyclic) bond motifs is 1. The minimum absolute atomic E-state index is 0.0739. The van der Waals surface area contributed by atoms with E-state index in [1.165, 1.54) is 19.1 Å². The average Bonchev–Trinajstić information content (AvgIpc) is 2.97. The van der Waals surface area contributed by atoms with Crippen molar-refractivity contribution in [3.05, 3.63) is 65.9 Å². The Morgan fingerprint density at radius 3 is 2.38 bits per heavy atom. The van der Waals surface area contributed by atoms with Gasteiger partial charge in [-0.15, -0.1) is 0 Å². The summed E-state index contributed by atoms with van der Waals surface area (Å²) >= 11 is 0. The van der Waals surface area contributed by atoms with Gasteiger partial charge in [-0.25, -0.2) is 0 Å². The van der Waals surface area contributed by atoms with Crippen molar-refractivity contribution in [2.45, 2.75) is 17.8 Å². The molecule has 0 aliphatic heterocycles. The van der Waals surface area contributed by atoms with E-state index in [1.807, 2.05) is 0 Å². The maximum atomic E-state index is 11.6. The normalized spacial score (nSPS) is 16.0. The van der Waals surface area contributed by atoms with E-state index in [-0.39, 0.29) is 5.75 Å². The molecule has 2 aromatic carbocycles. The predicted molar refractivity (Wildman–Crippen MR) is 90.4 cm³/mol. The molecule has 0 amide bonds. The van der Waals surface area contributed by atoms with Crippen molar-refractivity contribution in [3.63, 3.8) is 0 Å². The fraction of sp³-hybridized carbons (Fsp3) is 0.176. The molecule has 3 aromatic rings. The Morgan fingerprint density at radius 2 is 1.75 bits per heavy atom. The number of benzene rings is 2.